The highest BCUT2D eigenvalue weighted by Gasteiger charge is 2.40. The fourth-order valence-electron chi connectivity index (χ4n) is 4.11. The largest absolute Gasteiger partial charge is 0.504 e. The molecule has 0 fully saturated rings. The third kappa shape index (κ3) is 3.38. The summed E-state index contributed by atoms with van der Waals surface area (Å²) >= 11 is 5.92. The summed E-state index contributed by atoms with van der Waals surface area (Å²) in [5.41, 5.74) is 2.40. The van der Waals surface area contributed by atoms with Crippen molar-refractivity contribution in [3.8, 4) is 11.5 Å². The Morgan fingerprint density at radius 3 is 2.69 bits per heavy atom. The monoisotopic (exact) mass is 415 g/mol. The first-order chi connectivity index (χ1) is 13.9. The quantitative estimate of drug-likeness (QED) is 0.787. The maximum Gasteiger partial charge on any atom is 0.232 e. The number of methoxy groups -OCH3 is 1. The maximum atomic E-state index is 13.6. The van der Waals surface area contributed by atoms with Crippen LogP contribution in [0.15, 0.2) is 47.7 Å². The Morgan fingerprint density at radius 1 is 1.17 bits per heavy atom. The van der Waals surface area contributed by atoms with Gasteiger partial charge in [0.05, 0.1) is 17.8 Å². The van der Waals surface area contributed by atoms with Gasteiger partial charge in [-0.05, 0) is 48.7 Å². The van der Waals surface area contributed by atoms with Crippen molar-refractivity contribution in [3.05, 3.63) is 64.1 Å². The van der Waals surface area contributed by atoms with E-state index in [-0.39, 0.29) is 34.6 Å². The molecular weight excluding hydrogens is 397 g/mol. The Kier molecular flexibility index (Phi) is 5.04. The van der Waals surface area contributed by atoms with Crippen LogP contribution in [0.2, 0.25) is 5.02 Å². The van der Waals surface area contributed by atoms with Crippen molar-refractivity contribution < 1.29 is 23.8 Å². The van der Waals surface area contributed by atoms with E-state index in [9.17, 15) is 19.1 Å². The molecule has 29 heavy (non-hydrogen) atoms. The van der Waals surface area contributed by atoms with E-state index in [4.69, 9.17) is 16.3 Å². The van der Waals surface area contributed by atoms with Crippen molar-refractivity contribution in [1.82, 2.24) is 0 Å². The number of halogens is 2. The van der Waals surface area contributed by atoms with Crippen molar-refractivity contribution in [2.45, 2.75) is 31.6 Å². The summed E-state index contributed by atoms with van der Waals surface area (Å²) < 4.78 is 18.8. The highest BCUT2D eigenvalue weighted by atomic mass is 35.5. The molecule has 0 spiro atoms. The molecule has 1 aliphatic heterocycles. The zero-order valence-electron chi connectivity index (χ0n) is 15.7. The normalized spacial score (nSPS) is 19.4. The summed E-state index contributed by atoms with van der Waals surface area (Å²) in [7, 11) is 1.45. The number of nitrogens with zero attached hydrogens (tertiary/aromatic N) is 1. The average molecular weight is 416 g/mol. The molecule has 0 bridgehead atoms. The number of amides is 1. The fourth-order valence-corrected chi connectivity index (χ4v) is 4.29. The number of hydrogen-bond donors (Lipinski definition) is 1. The van der Waals surface area contributed by atoms with Crippen LogP contribution >= 0.6 is 11.6 Å². The van der Waals surface area contributed by atoms with Gasteiger partial charge in [0.2, 0.25) is 5.91 Å². The first-order valence-electron chi connectivity index (χ1n) is 9.32. The molecule has 1 heterocycles. The number of ether oxygens (including phenoxy) is 1. The molecule has 0 saturated carbocycles. The standard InChI is InChI=1S/C22H19ClFNO4/c1-29-20-9-12(5-8-18(20)26)14-11-21(28)25(13-6-7-16(24)15(23)10-13)17-3-2-4-19(27)22(14)17/h5-10,14,26H,2-4,11H2,1H3. The van der Waals surface area contributed by atoms with Gasteiger partial charge in [-0.3, -0.25) is 14.5 Å². The minimum absolute atomic E-state index is 0.00556. The molecule has 2 aromatic rings. The summed E-state index contributed by atoms with van der Waals surface area (Å²) in [5, 5.41) is 9.81. The Morgan fingerprint density at radius 2 is 1.97 bits per heavy atom. The van der Waals surface area contributed by atoms with E-state index in [2.05, 4.69) is 0 Å². The number of carbonyl (C=O) groups excluding carboxylic acids is 2. The van der Waals surface area contributed by atoms with Crippen molar-refractivity contribution in [2.24, 2.45) is 0 Å². The molecule has 0 saturated heterocycles. The van der Waals surface area contributed by atoms with E-state index in [1.165, 1.54) is 36.3 Å². The molecular formula is C22H19ClFNO4. The molecule has 1 aliphatic carbocycles. The van der Waals surface area contributed by atoms with Gasteiger partial charge in [0.25, 0.3) is 0 Å². The number of anilines is 1. The molecule has 0 radical (unpaired) electrons. The van der Waals surface area contributed by atoms with Crippen molar-refractivity contribution in [2.75, 3.05) is 12.0 Å². The second-order valence-electron chi connectivity index (χ2n) is 7.15. The molecule has 1 N–H and O–H groups in total. The van der Waals surface area contributed by atoms with Gasteiger partial charge in [0.15, 0.2) is 17.3 Å². The van der Waals surface area contributed by atoms with Crippen LogP contribution in [0.3, 0.4) is 0 Å². The van der Waals surface area contributed by atoms with E-state index >= 15 is 0 Å². The Balaban J connectivity index is 1.85. The Hall–Kier alpha value is -2.86. The van der Waals surface area contributed by atoms with Crippen molar-refractivity contribution >= 4 is 29.0 Å². The highest BCUT2D eigenvalue weighted by Crippen LogP contribution is 2.45. The number of allylic oxidation sites excluding steroid dienone is 2. The zero-order chi connectivity index (χ0) is 20.7. The fraction of sp³-hybridized carbons (Fsp3) is 0.273. The van der Waals surface area contributed by atoms with Gasteiger partial charge in [0, 0.05) is 30.0 Å². The first kappa shape index (κ1) is 19.5. The second kappa shape index (κ2) is 7.52. The van der Waals surface area contributed by atoms with Crippen LogP contribution in [0.4, 0.5) is 10.1 Å². The topological polar surface area (TPSA) is 66.8 Å². The van der Waals surface area contributed by atoms with E-state index in [0.717, 1.165) is 5.56 Å². The molecule has 1 unspecified atom stereocenters. The average Bonchev–Trinajstić information content (AvgIpc) is 2.70. The molecule has 2 aliphatic rings. The lowest BCUT2D eigenvalue weighted by Gasteiger charge is -2.38. The summed E-state index contributed by atoms with van der Waals surface area (Å²) in [4.78, 5) is 27.5. The summed E-state index contributed by atoms with van der Waals surface area (Å²) in [6, 6.07) is 8.97. The second-order valence-corrected chi connectivity index (χ2v) is 7.56. The molecule has 2 aromatic carbocycles. The smallest absolute Gasteiger partial charge is 0.232 e. The van der Waals surface area contributed by atoms with Gasteiger partial charge >= 0.3 is 0 Å². The number of phenolic OH excluding ortho intramolecular Hbond substituents is 1. The van der Waals surface area contributed by atoms with E-state index in [0.29, 0.717) is 36.2 Å². The van der Waals surface area contributed by atoms with E-state index in [1.54, 1.807) is 12.1 Å². The van der Waals surface area contributed by atoms with Gasteiger partial charge in [0.1, 0.15) is 5.82 Å². The van der Waals surface area contributed by atoms with Crippen LogP contribution in [0.1, 0.15) is 37.2 Å². The van der Waals surface area contributed by atoms with Gasteiger partial charge in [-0.2, -0.15) is 0 Å². The molecule has 7 heteroatoms. The van der Waals surface area contributed by atoms with E-state index < -0.39 is 11.7 Å². The summed E-state index contributed by atoms with van der Waals surface area (Å²) in [5.74, 6) is -0.916. The summed E-state index contributed by atoms with van der Waals surface area (Å²) in [6.07, 6.45) is 1.69. The lowest BCUT2D eigenvalue weighted by molar-refractivity contribution is -0.119. The van der Waals surface area contributed by atoms with Crippen LogP contribution < -0.4 is 9.64 Å². The number of benzene rings is 2. The Bertz CT molecular complexity index is 1050. The van der Waals surface area contributed by atoms with Gasteiger partial charge in [-0.25, -0.2) is 4.39 Å². The maximum absolute atomic E-state index is 13.6. The number of carbonyl (C=O) groups is 2. The van der Waals surface area contributed by atoms with Crippen LogP contribution in [0.25, 0.3) is 0 Å². The lowest BCUT2D eigenvalue weighted by Crippen LogP contribution is -2.40. The Labute approximate surface area is 172 Å². The summed E-state index contributed by atoms with van der Waals surface area (Å²) in [6.45, 7) is 0. The van der Waals surface area contributed by atoms with Crippen molar-refractivity contribution in [3.63, 3.8) is 0 Å². The minimum Gasteiger partial charge on any atom is -0.504 e. The number of phenols is 1. The molecule has 0 aromatic heterocycles. The van der Waals surface area contributed by atoms with Crippen molar-refractivity contribution in [1.29, 1.82) is 0 Å². The molecule has 1 atom stereocenters. The molecule has 1 amide bonds. The van der Waals surface area contributed by atoms with Gasteiger partial charge < -0.3 is 9.84 Å². The number of hydrogen-bond acceptors (Lipinski definition) is 4. The van der Waals surface area contributed by atoms with Gasteiger partial charge in [-0.15, -0.1) is 0 Å². The molecule has 150 valence electrons. The first-order valence-corrected chi connectivity index (χ1v) is 9.69. The number of ketones is 1. The van der Waals surface area contributed by atoms with Crippen LogP contribution in [-0.2, 0) is 9.59 Å². The predicted molar refractivity (Wildman–Crippen MR) is 107 cm³/mol. The highest BCUT2D eigenvalue weighted by molar-refractivity contribution is 6.31. The van der Waals surface area contributed by atoms with Crippen LogP contribution in [-0.4, -0.2) is 23.9 Å². The zero-order valence-corrected chi connectivity index (χ0v) is 16.5. The SMILES string of the molecule is COc1cc(C2CC(=O)N(c3ccc(F)c(Cl)c3)C3=C2C(=O)CCC3)ccc1O. The number of aromatic hydroxyl groups is 1. The predicted octanol–water partition coefficient (Wildman–Crippen LogP) is 4.72. The number of rotatable bonds is 3. The van der Waals surface area contributed by atoms with E-state index in [1.807, 2.05) is 0 Å². The van der Waals surface area contributed by atoms with Crippen LogP contribution in [0.5, 0.6) is 11.5 Å². The number of Topliss-reactive ketones (excluding diaryl/α,β-unsaturated/α-hetero) is 1. The third-order valence-electron chi connectivity index (χ3n) is 5.44. The third-order valence-corrected chi connectivity index (χ3v) is 5.73. The lowest BCUT2D eigenvalue weighted by atomic mass is 9.77. The molecule has 5 nitrogen and oxygen atoms in total. The molecule has 4 rings (SSSR count). The van der Waals surface area contributed by atoms with Gasteiger partial charge in [-0.1, -0.05) is 17.7 Å². The minimum atomic E-state index is -0.567. The van der Waals surface area contributed by atoms with Crippen LogP contribution in [0, 0.1) is 5.82 Å².